The first-order valence-corrected chi connectivity index (χ1v) is 5.24. The van der Waals surface area contributed by atoms with Crippen molar-refractivity contribution in [2.45, 2.75) is 32.2 Å². The van der Waals surface area contributed by atoms with E-state index < -0.39 is 12.0 Å². The van der Waals surface area contributed by atoms with Crippen LogP contribution in [0.5, 0.6) is 0 Å². The molecular weight excluding hydrogens is 192 g/mol. The van der Waals surface area contributed by atoms with Crippen LogP contribution in [-0.4, -0.2) is 22.1 Å². The summed E-state index contributed by atoms with van der Waals surface area (Å²) in [6, 6.07) is -0.791. The number of carboxylic acids is 1. The Kier molecular flexibility index (Phi) is 2.52. The van der Waals surface area contributed by atoms with E-state index >= 15 is 0 Å². The van der Waals surface area contributed by atoms with Crippen LogP contribution in [0.3, 0.4) is 0 Å². The Bertz CT molecular complexity index is 384. The molecule has 1 aliphatic rings. The third kappa shape index (κ3) is 1.90. The molecule has 4 heteroatoms. The molecule has 2 unspecified atom stereocenters. The first-order chi connectivity index (χ1) is 7.08. The molecule has 0 aromatic carbocycles. The normalized spacial score (nSPS) is 21.3. The lowest BCUT2D eigenvalue weighted by Gasteiger charge is -2.06. The molecule has 0 bridgehead atoms. The van der Waals surface area contributed by atoms with E-state index in [0.29, 0.717) is 12.3 Å². The van der Waals surface area contributed by atoms with E-state index in [-0.39, 0.29) is 0 Å². The Hall–Kier alpha value is -1.29. The highest BCUT2D eigenvalue weighted by molar-refractivity contribution is 5.73. The second-order valence-corrected chi connectivity index (χ2v) is 4.43. The maximum absolute atomic E-state index is 10.7. The average Bonchev–Trinajstić information content (AvgIpc) is 2.66. The zero-order valence-corrected chi connectivity index (χ0v) is 8.79. The predicted octanol–water partition coefficient (Wildman–Crippen LogP) is 0.704. The molecular formula is C11H16N2O2. The third-order valence-electron chi connectivity index (χ3n) is 3.03. The third-order valence-corrected chi connectivity index (χ3v) is 3.03. The molecule has 1 heterocycles. The second-order valence-electron chi connectivity index (χ2n) is 4.43. The van der Waals surface area contributed by atoms with Crippen LogP contribution in [0.15, 0.2) is 6.20 Å². The number of carboxylic acid groups (broad SMARTS) is 1. The van der Waals surface area contributed by atoms with Crippen LogP contribution in [-0.2, 0) is 24.1 Å². The predicted molar refractivity (Wildman–Crippen MR) is 56.7 cm³/mol. The summed E-state index contributed by atoms with van der Waals surface area (Å²) in [6.45, 7) is 2.20. The Labute approximate surface area is 88.5 Å². The van der Waals surface area contributed by atoms with Gasteiger partial charge in [-0.1, -0.05) is 6.92 Å². The number of fused-ring (bicyclic) bond motifs is 1. The maximum atomic E-state index is 10.7. The Morgan fingerprint density at radius 2 is 2.47 bits per heavy atom. The summed E-state index contributed by atoms with van der Waals surface area (Å²) >= 11 is 0. The monoisotopic (exact) mass is 208 g/mol. The van der Waals surface area contributed by atoms with Crippen LogP contribution in [0.2, 0.25) is 0 Å². The van der Waals surface area contributed by atoms with Gasteiger partial charge in [0, 0.05) is 11.9 Å². The molecule has 4 N–H and O–H groups in total. The average molecular weight is 208 g/mol. The molecule has 1 aliphatic carbocycles. The SMILES string of the molecule is CC1Cc2[nH]cc(CC(N)C(=O)O)c2C1. The molecule has 1 aromatic heterocycles. The van der Waals surface area contributed by atoms with Crippen molar-refractivity contribution in [1.82, 2.24) is 4.98 Å². The van der Waals surface area contributed by atoms with Gasteiger partial charge < -0.3 is 15.8 Å². The topological polar surface area (TPSA) is 79.1 Å². The molecule has 0 radical (unpaired) electrons. The summed E-state index contributed by atoms with van der Waals surface area (Å²) in [4.78, 5) is 13.9. The van der Waals surface area contributed by atoms with E-state index in [9.17, 15) is 4.79 Å². The minimum Gasteiger partial charge on any atom is -0.480 e. The fourth-order valence-corrected chi connectivity index (χ4v) is 2.25. The molecule has 0 saturated heterocycles. The minimum absolute atomic E-state index is 0.424. The zero-order valence-electron chi connectivity index (χ0n) is 8.79. The van der Waals surface area contributed by atoms with Crippen molar-refractivity contribution < 1.29 is 9.90 Å². The van der Waals surface area contributed by atoms with Crippen molar-refractivity contribution in [3.63, 3.8) is 0 Å². The fraction of sp³-hybridized carbons (Fsp3) is 0.545. The number of nitrogens with one attached hydrogen (secondary N) is 1. The van der Waals surface area contributed by atoms with E-state index in [1.807, 2.05) is 6.20 Å². The van der Waals surface area contributed by atoms with Gasteiger partial charge >= 0.3 is 5.97 Å². The lowest BCUT2D eigenvalue weighted by Crippen LogP contribution is -2.32. The zero-order chi connectivity index (χ0) is 11.0. The summed E-state index contributed by atoms with van der Waals surface area (Å²) in [5, 5.41) is 8.75. The van der Waals surface area contributed by atoms with Crippen LogP contribution in [0.25, 0.3) is 0 Å². The molecule has 0 spiro atoms. The molecule has 0 saturated carbocycles. The highest BCUT2D eigenvalue weighted by Gasteiger charge is 2.24. The molecule has 4 nitrogen and oxygen atoms in total. The Morgan fingerprint density at radius 3 is 3.13 bits per heavy atom. The smallest absolute Gasteiger partial charge is 0.320 e. The molecule has 15 heavy (non-hydrogen) atoms. The Balaban J connectivity index is 2.14. The largest absolute Gasteiger partial charge is 0.480 e. The minimum atomic E-state index is -0.934. The summed E-state index contributed by atoms with van der Waals surface area (Å²) < 4.78 is 0. The van der Waals surface area contributed by atoms with Crippen LogP contribution in [0, 0.1) is 5.92 Å². The highest BCUT2D eigenvalue weighted by Crippen LogP contribution is 2.29. The van der Waals surface area contributed by atoms with Crippen LogP contribution >= 0.6 is 0 Å². The molecule has 2 atom stereocenters. The number of carbonyl (C=O) groups is 1. The van der Waals surface area contributed by atoms with Crippen molar-refractivity contribution >= 4 is 5.97 Å². The quantitative estimate of drug-likeness (QED) is 0.684. The summed E-state index contributed by atoms with van der Waals surface area (Å²) in [5.74, 6) is -0.275. The maximum Gasteiger partial charge on any atom is 0.320 e. The van der Waals surface area contributed by atoms with E-state index in [2.05, 4.69) is 11.9 Å². The summed E-state index contributed by atoms with van der Waals surface area (Å²) in [6.07, 6.45) is 4.44. The van der Waals surface area contributed by atoms with Crippen molar-refractivity contribution in [3.8, 4) is 0 Å². The molecule has 82 valence electrons. The van der Waals surface area contributed by atoms with Crippen molar-refractivity contribution in [3.05, 3.63) is 23.0 Å². The molecule has 0 amide bonds. The summed E-state index contributed by atoms with van der Waals surface area (Å²) in [5.41, 5.74) is 9.15. The van der Waals surface area contributed by atoms with Gasteiger partial charge in [-0.3, -0.25) is 4.79 Å². The molecule has 2 rings (SSSR count). The number of hydrogen-bond acceptors (Lipinski definition) is 2. The number of H-pyrrole nitrogens is 1. The molecule has 0 fully saturated rings. The van der Waals surface area contributed by atoms with Crippen molar-refractivity contribution in [1.29, 1.82) is 0 Å². The summed E-state index contributed by atoms with van der Waals surface area (Å²) in [7, 11) is 0. The van der Waals surface area contributed by atoms with Gasteiger partial charge in [0.1, 0.15) is 6.04 Å². The van der Waals surface area contributed by atoms with Gasteiger partial charge in [0.15, 0.2) is 0 Å². The number of aliphatic carboxylic acids is 1. The second kappa shape index (κ2) is 3.70. The van der Waals surface area contributed by atoms with Crippen LogP contribution in [0.1, 0.15) is 23.7 Å². The number of nitrogens with two attached hydrogens (primary N) is 1. The number of aromatic nitrogens is 1. The van der Waals surface area contributed by atoms with Crippen molar-refractivity contribution in [2.75, 3.05) is 0 Å². The van der Waals surface area contributed by atoms with Gasteiger partial charge in [0.05, 0.1) is 0 Å². The molecule has 1 aromatic rings. The van der Waals surface area contributed by atoms with E-state index in [1.165, 1.54) is 11.3 Å². The van der Waals surface area contributed by atoms with Gasteiger partial charge in [0.25, 0.3) is 0 Å². The van der Waals surface area contributed by atoms with E-state index in [1.54, 1.807) is 0 Å². The Morgan fingerprint density at radius 1 is 1.73 bits per heavy atom. The first-order valence-electron chi connectivity index (χ1n) is 5.24. The number of aromatic amines is 1. The van der Waals surface area contributed by atoms with Gasteiger partial charge in [-0.25, -0.2) is 0 Å². The van der Waals surface area contributed by atoms with Crippen molar-refractivity contribution in [2.24, 2.45) is 11.7 Å². The van der Waals surface area contributed by atoms with E-state index in [0.717, 1.165) is 18.4 Å². The molecule has 0 aliphatic heterocycles. The fourth-order valence-electron chi connectivity index (χ4n) is 2.25. The highest BCUT2D eigenvalue weighted by atomic mass is 16.4. The number of rotatable bonds is 3. The van der Waals surface area contributed by atoms with Crippen LogP contribution < -0.4 is 5.73 Å². The first kappa shape index (κ1) is 10.2. The van der Waals surface area contributed by atoms with Gasteiger partial charge in [0.2, 0.25) is 0 Å². The van der Waals surface area contributed by atoms with Gasteiger partial charge in [-0.05, 0) is 36.3 Å². The standard InChI is InChI=1S/C11H16N2O2/c1-6-2-8-7(4-9(12)11(14)15)5-13-10(8)3-6/h5-6,9,13H,2-4,12H2,1H3,(H,14,15). The number of hydrogen-bond donors (Lipinski definition) is 3. The van der Waals surface area contributed by atoms with Gasteiger partial charge in [-0.2, -0.15) is 0 Å². The van der Waals surface area contributed by atoms with E-state index in [4.69, 9.17) is 10.8 Å². The lowest BCUT2D eigenvalue weighted by atomic mass is 10.0. The lowest BCUT2D eigenvalue weighted by molar-refractivity contribution is -0.138. The van der Waals surface area contributed by atoms with Gasteiger partial charge in [-0.15, -0.1) is 0 Å². The van der Waals surface area contributed by atoms with Crippen LogP contribution in [0.4, 0.5) is 0 Å².